The molecule has 0 bridgehead atoms. The Kier molecular flexibility index (Phi) is 4.25. The first-order valence-electron chi connectivity index (χ1n) is 5.98. The Morgan fingerprint density at radius 1 is 1.17 bits per heavy atom. The van der Waals surface area contributed by atoms with E-state index in [2.05, 4.69) is 34.1 Å². The van der Waals surface area contributed by atoms with Crippen LogP contribution in [0.15, 0.2) is 34.8 Å². The molecular formula is C15H17BrO2. The summed E-state index contributed by atoms with van der Waals surface area (Å²) in [6, 6.07) is 10.3. The van der Waals surface area contributed by atoms with Crippen LogP contribution in [0.4, 0.5) is 0 Å². The Hall–Kier alpha value is -1.06. The maximum absolute atomic E-state index is 5.72. The zero-order valence-corrected chi connectivity index (χ0v) is 12.5. The number of halogens is 1. The highest BCUT2D eigenvalue weighted by molar-refractivity contribution is 9.10. The molecule has 0 heterocycles. The lowest BCUT2D eigenvalue weighted by Crippen LogP contribution is -2.04. The standard InChI is InChI=1S/C15H17BrO2/c1-10(2)18-9-14-13-6-5-12(16)8-11(13)4-7-15(14)17-3/h4-8,10H,9H2,1-3H3. The summed E-state index contributed by atoms with van der Waals surface area (Å²) in [5.41, 5.74) is 1.11. The van der Waals surface area contributed by atoms with Crippen LogP contribution in [0.2, 0.25) is 0 Å². The van der Waals surface area contributed by atoms with Crippen LogP contribution in [-0.2, 0) is 11.3 Å². The normalized spacial score (nSPS) is 11.2. The molecule has 18 heavy (non-hydrogen) atoms. The van der Waals surface area contributed by atoms with E-state index < -0.39 is 0 Å². The highest BCUT2D eigenvalue weighted by atomic mass is 79.9. The summed E-state index contributed by atoms with van der Waals surface area (Å²) in [4.78, 5) is 0. The van der Waals surface area contributed by atoms with Crippen LogP contribution in [0.5, 0.6) is 5.75 Å². The molecule has 0 saturated carbocycles. The van der Waals surface area contributed by atoms with Gasteiger partial charge in [0.15, 0.2) is 0 Å². The summed E-state index contributed by atoms with van der Waals surface area (Å²) < 4.78 is 12.2. The molecule has 96 valence electrons. The summed E-state index contributed by atoms with van der Waals surface area (Å²) in [7, 11) is 1.69. The number of rotatable bonds is 4. The highest BCUT2D eigenvalue weighted by Gasteiger charge is 2.09. The Balaban J connectivity index is 2.51. The summed E-state index contributed by atoms with van der Waals surface area (Å²) in [6.45, 7) is 4.64. The Bertz CT molecular complexity index is 549. The van der Waals surface area contributed by atoms with Crippen molar-refractivity contribution < 1.29 is 9.47 Å². The van der Waals surface area contributed by atoms with Crippen molar-refractivity contribution >= 4 is 26.7 Å². The summed E-state index contributed by atoms with van der Waals surface area (Å²) in [5, 5.41) is 2.37. The molecule has 3 heteroatoms. The van der Waals surface area contributed by atoms with Gasteiger partial charge in [-0.1, -0.05) is 28.1 Å². The van der Waals surface area contributed by atoms with E-state index in [9.17, 15) is 0 Å². The average Bonchev–Trinajstić information content (AvgIpc) is 2.35. The van der Waals surface area contributed by atoms with Gasteiger partial charge in [-0.3, -0.25) is 0 Å². The van der Waals surface area contributed by atoms with Crippen LogP contribution in [0.1, 0.15) is 19.4 Å². The number of ether oxygens (including phenoxy) is 2. The Labute approximate surface area is 116 Å². The van der Waals surface area contributed by atoms with Crippen molar-refractivity contribution in [2.24, 2.45) is 0 Å². The fourth-order valence-electron chi connectivity index (χ4n) is 1.94. The molecule has 0 spiro atoms. The van der Waals surface area contributed by atoms with Gasteiger partial charge in [-0.15, -0.1) is 0 Å². The van der Waals surface area contributed by atoms with Crippen LogP contribution >= 0.6 is 15.9 Å². The molecule has 0 atom stereocenters. The molecule has 2 aromatic rings. The number of hydrogen-bond acceptors (Lipinski definition) is 2. The molecule has 2 nitrogen and oxygen atoms in total. The quantitative estimate of drug-likeness (QED) is 0.826. The van der Waals surface area contributed by atoms with Gasteiger partial charge in [0.05, 0.1) is 19.8 Å². The zero-order valence-electron chi connectivity index (χ0n) is 10.9. The molecule has 0 aliphatic rings. The molecule has 0 saturated heterocycles. The van der Waals surface area contributed by atoms with Gasteiger partial charge in [0.1, 0.15) is 5.75 Å². The zero-order chi connectivity index (χ0) is 13.1. The summed E-state index contributed by atoms with van der Waals surface area (Å²) in [6.07, 6.45) is 0.209. The second kappa shape index (κ2) is 5.72. The van der Waals surface area contributed by atoms with Crippen LogP contribution in [0, 0.1) is 0 Å². The van der Waals surface area contributed by atoms with E-state index in [0.717, 1.165) is 15.8 Å². The van der Waals surface area contributed by atoms with Gasteiger partial charge in [-0.25, -0.2) is 0 Å². The van der Waals surface area contributed by atoms with Crippen molar-refractivity contribution in [3.8, 4) is 5.75 Å². The van der Waals surface area contributed by atoms with Crippen molar-refractivity contribution in [1.82, 2.24) is 0 Å². The van der Waals surface area contributed by atoms with E-state index >= 15 is 0 Å². The lowest BCUT2D eigenvalue weighted by Gasteiger charge is -2.14. The van der Waals surface area contributed by atoms with Crippen LogP contribution in [-0.4, -0.2) is 13.2 Å². The number of methoxy groups -OCH3 is 1. The molecule has 0 amide bonds. The Morgan fingerprint density at radius 3 is 2.61 bits per heavy atom. The van der Waals surface area contributed by atoms with Crippen molar-refractivity contribution in [2.75, 3.05) is 7.11 Å². The predicted molar refractivity (Wildman–Crippen MR) is 78.1 cm³/mol. The molecule has 0 unspecified atom stereocenters. The minimum atomic E-state index is 0.209. The van der Waals surface area contributed by atoms with E-state index in [-0.39, 0.29) is 6.10 Å². The van der Waals surface area contributed by atoms with Gasteiger partial charge < -0.3 is 9.47 Å². The minimum Gasteiger partial charge on any atom is -0.496 e. The lowest BCUT2D eigenvalue weighted by molar-refractivity contribution is 0.0652. The number of benzene rings is 2. The topological polar surface area (TPSA) is 18.5 Å². The van der Waals surface area contributed by atoms with Crippen molar-refractivity contribution in [1.29, 1.82) is 0 Å². The van der Waals surface area contributed by atoms with E-state index in [1.165, 1.54) is 10.8 Å². The van der Waals surface area contributed by atoms with Gasteiger partial charge in [0.25, 0.3) is 0 Å². The molecule has 0 fully saturated rings. The van der Waals surface area contributed by atoms with Crippen molar-refractivity contribution in [3.63, 3.8) is 0 Å². The van der Waals surface area contributed by atoms with Gasteiger partial charge >= 0.3 is 0 Å². The first-order chi connectivity index (χ1) is 8.61. The first kappa shape index (κ1) is 13.4. The van der Waals surface area contributed by atoms with E-state index in [4.69, 9.17) is 9.47 Å². The first-order valence-corrected chi connectivity index (χ1v) is 6.78. The van der Waals surface area contributed by atoms with Crippen molar-refractivity contribution in [3.05, 3.63) is 40.4 Å². The summed E-state index contributed by atoms with van der Waals surface area (Å²) in [5.74, 6) is 0.880. The summed E-state index contributed by atoms with van der Waals surface area (Å²) >= 11 is 3.49. The molecular weight excluding hydrogens is 292 g/mol. The third kappa shape index (κ3) is 2.85. The second-order valence-corrected chi connectivity index (χ2v) is 5.39. The fourth-order valence-corrected chi connectivity index (χ4v) is 2.31. The van der Waals surface area contributed by atoms with Gasteiger partial charge in [0, 0.05) is 10.0 Å². The predicted octanol–water partition coefficient (Wildman–Crippen LogP) is 4.54. The maximum atomic E-state index is 5.72. The van der Waals surface area contributed by atoms with Gasteiger partial charge in [-0.05, 0) is 42.8 Å². The molecule has 0 aromatic heterocycles. The van der Waals surface area contributed by atoms with Crippen molar-refractivity contribution in [2.45, 2.75) is 26.6 Å². The third-order valence-electron chi connectivity index (χ3n) is 2.83. The fraction of sp³-hybridized carbons (Fsp3) is 0.333. The second-order valence-electron chi connectivity index (χ2n) is 4.47. The van der Waals surface area contributed by atoms with E-state index in [0.29, 0.717) is 6.61 Å². The SMILES string of the molecule is COc1ccc2cc(Br)ccc2c1COC(C)C. The van der Waals surface area contributed by atoms with Gasteiger partial charge in [-0.2, -0.15) is 0 Å². The minimum absolute atomic E-state index is 0.209. The maximum Gasteiger partial charge on any atom is 0.125 e. The van der Waals surface area contributed by atoms with Crippen LogP contribution < -0.4 is 4.74 Å². The number of fused-ring (bicyclic) bond motifs is 1. The third-order valence-corrected chi connectivity index (χ3v) is 3.32. The van der Waals surface area contributed by atoms with E-state index in [1.807, 2.05) is 26.0 Å². The average molecular weight is 309 g/mol. The largest absolute Gasteiger partial charge is 0.496 e. The Morgan fingerprint density at radius 2 is 1.94 bits per heavy atom. The molecule has 2 rings (SSSR count). The highest BCUT2D eigenvalue weighted by Crippen LogP contribution is 2.30. The lowest BCUT2D eigenvalue weighted by atomic mass is 10.0. The molecule has 0 N–H and O–H groups in total. The van der Waals surface area contributed by atoms with Crippen LogP contribution in [0.25, 0.3) is 10.8 Å². The molecule has 0 radical (unpaired) electrons. The van der Waals surface area contributed by atoms with Gasteiger partial charge in [0.2, 0.25) is 0 Å². The van der Waals surface area contributed by atoms with E-state index in [1.54, 1.807) is 7.11 Å². The smallest absolute Gasteiger partial charge is 0.125 e. The molecule has 2 aromatic carbocycles. The monoisotopic (exact) mass is 308 g/mol. The number of hydrogen-bond donors (Lipinski definition) is 0. The van der Waals surface area contributed by atoms with Crippen LogP contribution in [0.3, 0.4) is 0 Å². The molecule has 0 aliphatic carbocycles. The molecule has 0 aliphatic heterocycles.